The average Bonchev–Trinajstić information content (AvgIpc) is 3.15. The molecule has 2 N–H and O–H groups in total. The maximum atomic E-state index is 10.6. The van der Waals surface area contributed by atoms with Crippen molar-refractivity contribution in [2.24, 2.45) is 0 Å². The van der Waals surface area contributed by atoms with Gasteiger partial charge in [-0.3, -0.25) is 4.21 Å². The van der Waals surface area contributed by atoms with Crippen molar-refractivity contribution in [3.05, 3.63) is 90.1 Å². The molecule has 0 aliphatic heterocycles. The molecular weight excluding hydrogens is 396 g/mol. The Bertz CT molecular complexity index is 1170. The minimum atomic E-state index is -2.38. The topological polar surface area (TPSA) is 82.0 Å². The lowest BCUT2D eigenvalue weighted by atomic mass is 10.0. The molecule has 4 rings (SSSR count). The van der Waals surface area contributed by atoms with Gasteiger partial charge in [-0.25, -0.2) is 4.68 Å². The molecule has 0 amide bonds. The lowest BCUT2D eigenvalue weighted by molar-refractivity contribution is 0.528. The van der Waals surface area contributed by atoms with E-state index in [2.05, 4.69) is 76.9 Å². The summed E-state index contributed by atoms with van der Waals surface area (Å²) < 4.78 is 23.1. The van der Waals surface area contributed by atoms with E-state index in [0.717, 1.165) is 22.6 Å². The van der Waals surface area contributed by atoms with Crippen molar-refractivity contribution in [2.45, 2.75) is 13.8 Å². The van der Waals surface area contributed by atoms with E-state index in [0.29, 0.717) is 5.69 Å². The van der Waals surface area contributed by atoms with Gasteiger partial charge in [0.2, 0.25) is 0 Å². The van der Waals surface area contributed by atoms with E-state index in [1.807, 2.05) is 23.7 Å². The first kappa shape index (κ1) is 20.0. The van der Waals surface area contributed by atoms with Crippen LogP contribution in [0, 0.1) is 13.8 Å². The zero-order valence-electron chi connectivity index (χ0n) is 16.6. The van der Waals surface area contributed by atoms with Crippen LogP contribution >= 0.6 is 0 Å². The zero-order valence-corrected chi connectivity index (χ0v) is 17.4. The van der Waals surface area contributed by atoms with Crippen LogP contribution in [0.4, 0.5) is 5.69 Å². The van der Waals surface area contributed by atoms with E-state index in [9.17, 15) is 8.76 Å². The van der Waals surface area contributed by atoms with Gasteiger partial charge in [0, 0.05) is 22.5 Å². The third-order valence-corrected chi connectivity index (χ3v) is 5.06. The minimum Gasteiger partial charge on any atom is -0.759 e. The molecule has 0 radical (unpaired) electrons. The molecule has 1 atom stereocenters. The first-order valence-corrected chi connectivity index (χ1v) is 10.5. The van der Waals surface area contributed by atoms with Gasteiger partial charge in [0.25, 0.3) is 0 Å². The molecule has 0 aliphatic carbocycles. The Morgan fingerprint density at radius 2 is 1.40 bits per heavy atom. The van der Waals surface area contributed by atoms with Crippen LogP contribution in [0.3, 0.4) is 0 Å². The monoisotopic (exact) mass is 417 g/mol. The van der Waals surface area contributed by atoms with Crippen molar-refractivity contribution in [3.63, 3.8) is 0 Å². The Morgan fingerprint density at radius 3 is 2.00 bits per heavy atom. The summed E-state index contributed by atoms with van der Waals surface area (Å²) in [6.45, 7) is 4.05. The fourth-order valence-corrected chi connectivity index (χ4v) is 3.47. The zero-order chi connectivity index (χ0) is 21.1. The lowest BCUT2D eigenvalue weighted by Gasteiger charge is -2.12. The molecule has 30 heavy (non-hydrogen) atoms. The summed E-state index contributed by atoms with van der Waals surface area (Å²) in [5.41, 5.74) is 10.7. The van der Waals surface area contributed by atoms with Crippen molar-refractivity contribution in [3.8, 4) is 28.1 Å². The number of rotatable bonds is 6. The summed E-state index contributed by atoms with van der Waals surface area (Å²) >= 11 is -2.38. The molecule has 0 saturated carbocycles. The highest BCUT2D eigenvalue weighted by Gasteiger charge is 2.10. The highest BCUT2D eigenvalue weighted by atomic mass is 32.2. The Labute approximate surface area is 178 Å². The van der Waals surface area contributed by atoms with Gasteiger partial charge >= 0.3 is 0 Å². The smallest absolute Gasteiger partial charge is 0.0743 e. The quantitative estimate of drug-likeness (QED) is 0.357. The number of aromatic nitrogens is 2. The second-order valence-electron chi connectivity index (χ2n) is 7.03. The van der Waals surface area contributed by atoms with E-state index in [1.165, 1.54) is 16.7 Å². The molecule has 1 aromatic heterocycles. The molecule has 6 nitrogen and oxygen atoms in total. The van der Waals surface area contributed by atoms with Crippen LogP contribution in [0.15, 0.2) is 78.9 Å². The molecule has 7 heteroatoms. The van der Waals surface area contributed by atoms with Crippen molar-refractivity contribution in [1.29, 1.82) is 0 Å². The standard InChI is InChI=1S/C23H22N4O2S/c1-16-3-5-18(6-4-16)19-7-9-20(10-8-19)23-15-17(2)25-27(23)22-13-11-21(12-14-22)24-26-30(28)29/h3-15,24,26H,1-2H3,(H,28,29)/p-1. The van der Waals surface area contributed by atoms with Gasteiger partial charge in [-0.2, -0.15) is 9.93 Å². The molecule has 0 bridgehead atoms. The molecule has 1 heterocycles. The highest BCUT2D eigenvalue weighted by molar-refractivity contribution is 7.77. The van der Waals surface area contributed by atoms with Crippen molar-refractivity contribution >= 4 is 17.0 Å². The van der Waals surface area contributed by atoms with E-state index in [1.54, 1.807) is 12.1 Å². The van der Waals surface area contributed by atoms with Crippen molar-refractivity contribution < 1.29 is 8.76 Å². The molecule has 3 aromatic carbocycles. The maximum absolute atomic E-state index is 10.6. The predicted molar refractivity (Wildman–Crippen MR) is 120 cm³/mol. The summed E-state index contributed by atoms with van der Waals surface area (Å²) in [5.74, 6) is 0. The largest absolute Gasteiger partial charge is 0.759 e. The van der Waals surface area contributed by atoms with Crippen LogP contribution in [-0.2, 0) is 11.3 Å². The van der Waals surface area contributed by atoms with Gasteiger partial charge in [-0.1, -0.05) is 54.1 Å². The summed E-state index contributed by atoms with van der Waals surface area (Å²) in [6, 6.07) is 26.3. The number of hydrogen-bond donors (Lipinski definition) is 2. The van der Waals surface area contributed by atoms with E-state index < -0.39 is 11.3 Å². The summed E-state index contributed by atoms with van der Waals surface area (Å²) in [6.07, 6.45) is 0. The SMILES string of the molecule is Cc1ccc(-c2ccc(-c3cc(C)nn3-c3ccc(NNS(=O)[O-])cc3)cc2)cc1. The summed E-state index contributed by atoms with van der Waals surface area (Å²) in [4.78, 5) is 2.13. The number of nitrogens with zero attached hydrogens (tertiary/aromatic N) is 2. The number of anilines is 1. The number of hydrogen-bond acceptors (Lipinski definition) is 4. The molecule has 0 saturated heterocycles. The Kier molecular flexibility index (Phi) is 5.76. The number of hydrazine groups is 1. The lowest BCUT2D eigenvalue weighted by Crippen LogP contribution is -2.23. The Hall–Kier alpha value is -3.26. The molecular formula is C23H21N4O2S-. The number of aryl methyl sites for hydroxylation is 2. The van der Waals surface area contributed by atoms with Crippen LogP contribution in [0.1, 0.15) is 11.3 Å². The highest BCUT2D eigenvalue weighted by Crippen LogP contribution is 2.28. The van der Waals surface area contributed by atoms with Crippen LogP contribution in [0.25, 0.3) is 28.1 Å². The third kappa shape index (κ3) is 4.49. The fraction of sp³-hybridized carbons (Fsp3) is 0.0870. The molecule has 152 valence electrons. The molecule has 0 spiro atoms. The Morgan fingerprint density at radius 1 is 0.833 bits per heavy atom. The molecule has 1 unspecified atom stereocenters. The van der Waals surface area contributed by atoms with E-state index in [-0.39, 0.29) is 0 Å². The van der Waals surface area contributed by atoms with Crippen LogP contribution in [0.5, 0.6) is 0 Å². The average molecular weight is 418 g/mol. The van der Waals surface area contributed by atoms with Gasteiger partial charge in [0.05, 0.1) is 17.1 Å². The van der Waals surface area contributed by atoms with Crippen molar-refractivity contribution in [1.82, 2.24) is 14.6 Å². The van der Waals surface area contributed by atoms with Gasteiger partial charge in [0.1, 0.15) is 0 Å². The number of benzene rings is 3. The van der Waals surface area contributed by atoms with Gasteiger partial charge in [0.15, 0.2) is 0 Å². The molecule has 0 fully saturated rings. The normalized spacial score (nSPS) is 12.0. The summed E-state index contributed by atoms with van der Waals surface area (Å²) in [7, 11) is 0. The van der Waals surface area contributed by atoms with Crippen LogP contribution < -0.4 is 10.3 Å². The van der Waals surface area contributed by atoms with E-state index >= 15 is 0 Å². The van der Waals surface area contributed by atoms with Gasteiger partial charge in [-0.15, -0.1) is 0 Å². The second kappa shape index (κ2) is 8.62. The second-order valence-corrected chi connectivity index (χ2v) is 7.71. The van der Waals surface area contributed by atoms with Crippen LogP contribution in [0.2, 0.25) is 0 Å². The summed E-state index contributed by atoms with van der Waals surface area (Å²) in [5, 5.41) is 4.63. The first-order valence-electron chi connectivity index (χ1n) is 9.45. The van der Waals surface area contributed by atoms with Crippen LogP contribution in [-0.4, -0.2) is 18.5 Å². The minimum absolute atomic E-state index is 0.635. The Balaban J connectivity index is 1.61. The van der Waals surface area contributed by atoms with Crippen molar-refractivity contribution in [2.75, 3.05) is 5.43 Å². The predicted octanol–water partition coefficient (Wildman–Crippen LogP) is 4.53. The maximum Gasteiger partial charge on any atom is 0.0743 e. The van der Waals surface area contributed by atoms with Gasteiger partial charge < -0.3 is 9.98 Å². The van der Waals surface area contributed by atoms with Gasteiger partial charge in [-0.05, 0) is 55.3 Å². The third-order valence-electron chi connectivity index (χ3n) is 4.79. The molecule has 0 aliphatic rings. The first-order chi connectivity index (χ1) is 14.5. The van der Waals surface area contributed by atoms with E-state index in [4.69, 9.17) is 0 Å². The number of nitrogens with one attached hydrogen (secondary N) is 2. The molecule has 4 aromatic rings. The fourth-order valence-electron chi connectivity index (χ4n) is 3.27.